The van der Waals surface area contributed by atoms with Crippen LogP contribution in [0.4, 0.5) is 0 Å². The van der Waals surface area contributed by atoms with Gasteiger partial charge in [0.2, 0.25) is 0 Å². The third-order valence-electron chi connectivity index (χ3n) is 2.87. The minimum absolute atomic E-state index is 0.679. The summed E-state index contributed by atoms with van der Waals surface area (Å²) in [5.41, 5.74) is 1.14. The van der Waals surface area contributed by atoms with Crippen molar-refractivity contribution in [3.63, 3.8) is 0 Å². The number of hydrogen-bond donors (Lipinski definition) is 1. The number of aliphatic carboxylic acids is 1. The van der Waals surface area contributed by atoms with Gasteiger partial charge in [-0.3, -0.25) is 4.79 Å². The van der Waals surface area contributed by atoms with Gasteiger partial charge in [-0.25, -0.2) is 0 Å². The molecule has 0 fully saturated rings. The topological polar surface area (TPSA) is 46.5 Å². The van der Waals surface area contributed by atoms with Crippen molar-refractivity contribution in [2.24, 2.45) is 0 Å². The summed E-state index contributed by atoms with van der Waals surface area (Å²) in [5.74, 6) is 1.02. The Hall–Kier alpha value is -1.16. The zero-order valence-corrected chi connectivity index (χ0v) is 12.6. The van der Waals surface area contributed by atoms with Crippen molar-refractivity contribution in [3.05, 3.63) is 29.8 Å². The predicted octanol–water partition coefficient (Wildman–Crippen LogP) is 3.75. The average molecular weight is 282 g/mol. The van der Waals surface area contributed by atoms with E-state index in [9.17, 15) is 4.79 Å². The van der Waals surface area contributed by atoms with Gasteiger partial charge in [-0.2, -0.15) is 0 Å². The highest BCUT2D eigenvalue weighted by Gasteiger charge is 2.26. The molecule has 0 unspecified atom stereocenters. The van der Waals surface area contributed by atoms with Gasteiger partial charge < -0.3 is 9.84 Å². The molecule has 1 N–H and O–H groups in total. The first-order chi connectivity index (χ1) is 8.93. The molecule has 106 valence electrons. The second-order valence-corrected chi connectivity index (χ2v) is 6.70. The molecule has 0 saturated carbocycles. The van der Waals surface area contributed by atoms with Crippen molar-refractivity contribution in [3.8, 4) is 5.75 Å². The van der Waals surface area contributed by atoms with Gasteiger partial charge in [-0.15, -0.1) is 11.8 Å². The second kappa shape index (κ2) is 7.43. The van der Waals surface area contributed by atoms with Crippen molar-refractivity contribution in [1.82, 2.24) is 0 Å². The van der Waals surface area contributed by atoms with E-state index in [1.54, 1.807) is 13.8 Å². The zero-order chi connectivity index (χ0) is 14.3. The second-order valence-electron chi connectivity index (χ2n) is 4.98. The first-order valence-corrected chi connectivity index (χ1v) is 7.48. The van der Waals surface area contributed by atoms with E-state index in [2.05, 4.69) is 0 Å². The number of thioether (sulfide) groups is 1. The fourth-order valence-electron chi connectivity index (χ4n) is 1.49. The van der Waals surface area contributed by atoms with E-state index < -0.39 is 10.7 Å². The lowest BCUT2D eigenvalue weighted by Gasteiger charge is -2.18. The summed E-state index contributed by atoms with van der Waals surface area (Å²) in [4.78, 5) is 10.9. The monoisotopic (exact) mass is 282 g/mol. The molecule has 0 aliphatic carbocycles. The average Bonchev–Trinajstić information content (AvgIpc) is 2.35. The largest absolute Gasteiger partial charge is 0.493 e. The van der Waals surface area contributed by atoms with Gasteiger partial charge in [0, 0.05) is 0 Å². The molecule has 1 aromatic carbocycles. The number of para-hydroxylation sites is 1. The van der Waals surface area contributed by atoms with Crippen LogP contribution < -0.4 is 4.74 Å². The maximum absolute atomic E-state index is 10.9. The highest BCUT2D eigenvalue weighted by Crippen LogP contribution is 2.25. The van der Waals surface area contributed by atoms with E-state index in [1.165, 1.54) is 11.8 Å². The molecule has 4 heteroatoms. The Morgan fingerprint density at radius 3 is 2.63 bits per heavy atom. The van der Waals surface area contributed by atoms with Crippen molar-refractivity contribution >= 4 is 17.7 Å². The smallest absolute Gasteiger partial charge is 0.319 e. The molecule has 19 heavy (non-hydrogen) atoms. The maximum atomic E-state index is 10.9. The van der Waals surface area contributed by atoms with Crippen LogP contribution in [0.5, 0.6) is 5.75 Å². The Balaban J connectivity index is 2.16. The summed E-state index contributed by atoms with van der Waals surface area (Å²) in [6.07, 6.45) is 1.91. The predicted molar refractivity (Wildman–Crippen MR) is 80.1 cm³/mol. The van der Waals surface area contributed by atoms with Crippen LogP contribution in [0.1, 0.15) is 32.3 Å². The molecule has 0 spiro atoms. The minimum Gasteiger partial charge on any atom is -0.493 e. The summed E-state index contributed by atoms with van der Waals surface area (Å²) in [6.45, 7) is 6.19. The first-order valence-electron chi connectivity index (χ1n) is 6.49. The van der Waals surface area contributed by atoms with Crippen LogP contribution in [0.15, 0.2) is 24.3 Å². The lowest BCUT2D eigenvalue weighted by Crippen LogP contribution is -2.27. The van der Waals surface area contributed by atoms with Crippen LogP contribution >= 0.6 is 11.8 Å². The third kappa shape index (κ3) is 5.55. The number of carboxylic acids is 1. The number of hydrogen-bond acceptors (Lipinski definition) is 3. The molecule has 0 aromatic heterocycles. The normalized spacial score (nSPS) is 11.3. The van der Waals surface area contributed by atoms with Crippen LogP contribution in [0.2, 0.25) is 0 Å². The van der Waals surface area contributed by atoms with Gasteiger partial charge in [0.15, 0.2) is 0 Å². The van der Waals surface area contributed by atoms with Gasteiger partial charge in [0.05, 0.1) is 6.61 Å². The summed E-state index contributed by atoms with van der Waals surface area (Å²) in [6, 6.07) is 7.96. The standard InChI is InChI=1S/C15H22O3S/c1-12-8-4-5-9-13(12)18-10-6-7-11-19-15(2,3)14(16)17/h4-5,8-9H,6-7,10-11H2,1-3H3,(H,16,17). The van der Waals surface area contributed by atoms with Crippen molar-refractivity contribution in [2.45, 2.75) is 38.4 Å². The summed E-state index contributed by atoms with van der Waals surface area (Å²) in [7, 11) is 0. The lowest BCUT2D eigenvalue weighted by molar-refractivity contribution is -0.138. The van der Waals surface area contributed by atoms with Crippen LogP contribution in [-0.2, 0) is 4.79 Å². The molecule has 3 nitrogen and oxygen atoms in total. The highest BCUT2D eigenvalue weighted by atomic mass is 32.2. The molecule has 0 aliphatic heterocycles. The Bertz CT molecular complexity index is 416. The Morgan fingerprint density at radius 2 is 2.00 bits per heavy atom. The highest BCUT2D eigenvalue weighted by molar-refractivity contribution is 8.01. The van der Waals surface area contributed by atoms with Crippen molar-refractivity contribution in [1.29, 1.82) is 0 Å². The van der Waals surface area contributed by atoms with Crippen molar-refractivity contribution < 1.29 is 14.6 Å². The van der Waals surface area contributed by atoms with Crippen LogP contribution in [0.3, 0.4) is 0 Å². The molecular formula is C15H22O3S. The number of benzene rings is 1. The minimum atomic E-state index is -0.756. The van der Waals surface area contributed by atoms with Crippen LogP contribution in [0, 0.1) is 6.92 Å². The Morgan fingerprint density at radius 1 is 1.32 bits per heavy atom. The number of aryl methyl sites for hydroxylation is 1. The third-order valence-corrected chi connectivity index (χ3v) is 4.26. The molecule has 0 aliphatic rings. The molecular weight excluding hydrogens is 260 g/mol. The van der Waals surface area contributed by atoms with Crippen LogP contribution in [0.25, 0.3) is 0 Å². The summed E-state index contributed by atoms with van der Waals surface area (Å²) in [5, 5.41) is 8.98. The van der Waals surface area contributed by atoms with Gasteiger partial charge in [-0.05, 0) is 51.0 Å². The van der Waals surface area contributed by atoms with Gasteiger partial charge in [0.25, 0.3) is 0 Å². The summed E-state index contributed by atoms with van der Waals surface area (Å²) >= 11 is 1.48. The van der Waals surface area contributed by atoms with Gasteiger partial charge in [0.1, 0.15) is 10.5 Å². The Kier molecular flexibility index (Phi) is 6.22. The number of ether oxygens (including phenoxy) is 1. The SMILES string of the molecule is Cc1ccccc1OCCCCSC(C)(C)C(=O)O. The van der Waals surface area contributed by atoms with E-state index in [-0.39, 0.29) is 0 Å². The molecule has 0 amide bonds. The molecule has 1 aromatic rings. The molecule has 0 radical (unpaired) electrons. The van der Waals surface area contributed by atoms with Crippen molar-refractivity contribution in [2.75, 3.05) is 12.4 Å². The number of carbonyl (C=O) groups is 1. The molecule has 0 heterocycles. The molecule has 0 bridgehead atoms. The fraction of sp³-hybridized carbons (Fsp3) is 0.533. The van der Waals surface area contributed by atoms with E-state index >= 15 is 0 Å². The van der Waals surface area contributed by atoms with E-state index in [1.807, 2.05) is 31.2 Å². The number of carboxylic acid groups (broad SMARTS) is 1. The molecule has 0 atom stereocenters. The lowest BCUT2D eigenvalue weighted by atomic mass is 10.2. The molecule has 0 saturated heterocycles. The quantitative estimate of drug-likeness (QED) is 0.738. The van der Waals surface area contributed by atoms with Crippen LogP contribution in [-0.4, -0.2) is 28.2 Å². The maximum Gasteiger partial charge on any atom is 0.319 e. The van der Waals surface area contributed by atoms with E-state index in [0.717, 1.165) is 29.9 Å². The van der Waals surface area contributed by atoms with Gasteiger partial charge >= 0.3 is 5.97 Å². The van der Waals surface area contributed by atoms with E-state index in [4.69, 9.17) is 9.84 Å². The number of rotatable bonds is 8. The van der Waals surface area contributed by atoms with Gasteiger partial charge in [-0.1, -0.05) is 18.2 Å². The first kappa shape index (κ1) is 15.9. The summed E-state index contributed by atoms with van der Waals surface area (Å²) < 4.78 is 4.99. The number of unbranched alkanes of at least 4 members (excludes halogenated alkanes) is 1. The fourth-order valence-corrected chi connectivity index (χ4v) is 2.48. The Labute approximate surface area is 119 Å². The van der Waals surface area contributed by atoms with E-state index in [0.29, 0.717) is 6.61 Å². The zero-order valence-electron chi connectivity index (χ0n) is 11.8. The molecule has 1 rings (SSSR count).